The molecule has 1 N–H and O–H groups in total. The van der Waals surface area contributed by atoms with E-state index in [0.29, 0.717) is 17.7 Å². The van der Waals surface area contributed by atoms with Crippen LogP contribution in [0.4, 0.5) is 11.6 Å². The first kappa shape index (κ1) is 17.1. The van der Waals surface area contributed by atoms with Crippen molar-refractivity contribution in [3.8, 4) is 0 Å². The van der Waals surface area contributed by atoms with E-state index in [1.54, 1.807) is 12.4 Å². The molecule has 0 aliphatic heterocycles. The minimum atomic E-state index is 0.336. The van der Waals surface area contributed by atoms with E-state index in [2.05, 4.69) is 57.2 Å². The van der Waals surface area contributed by atoms with Gasteiger partial charge in [0.25, 0.3) is 0 Å². The number of rotatable bonds is 6. The third-order valence-electron chi connectivity index (χ3n) is 4.05. The molecule has 3 rings (SSSR count). The molecule has 0 amide bonds. The third-order valence-corrected chi connectivity index (χ3v) is 4.05. The van der Waals surface area contributed by atoms with Gasteiger partial charge in [-0.05, 0) is 38.8 Å². The van der Waals surface area contributed by atoms with Crippen molar-refractivity contribution < 1.29 is 0 Å². The Hall–Kier alpha value is -2.76. The van der Waals surface area contributed by atoms with Gasteiger partial charge in [0, 0.05) is 18.3 Å². The van der Waals surface area contributed by atoms with Gasteiger partial charge in [-0.25, -0.2) is 19.9 Å². The van der Waals surface area contributed by atoms with Crippen molar-refractivity contribution >= 4 is 28.2 Å². The van der Waals surface area contributed by atoms with Crippen LogP contribution in [0.1, 0.15) is 51.3 Å². The molecule has 0 aromatic carbocycles. The lowest BCUT2D eigenvalue weighted by Crippen LogP contribution is -2.04. The van der Waals surface area contributed by atoms with Crippen molar-refractivity contribution in [2.24, 2.45) is 0 Å². The Morgan fingerprint density at radius 3 is 2.76 bits per heavy atom. The Balaban J connectivity index is 1.92. The lowest BCUT2D eigenvalue weighted by atomic mass is 10.1. The van der Waals surface area contributed by atoms with Gasteiger partial charge < -0.3 is 9.88 Å². The van der Waals surface area contributed by atoms with Crippen LogP contribution >= 0.6 is 0 Å². The van der Waals surface area contributed by atoms with Gasteiger partial charge in [0.1, 0.15) is 23.0 Å². The second kappa shape index (κ2) is 7.01. The molecule has 0 spiro atoms. The number of anilines is 2. The van der Waals surface area contributed by atoms with E-state index in [-0.39, 0.29) is 0 Å². The molecule has 0 saturated heterocycles. The molecule has 0 aliphatic rings. The highest BCUT2D eigenvalue weighted by atomic mass is 15.1. The number of imidazole rings is 1. The largest absolute Gasteiger partial charge is 0.326 e. The standard InChI is InChI=1S/C19H24N6/c1-6-7-13(4)19-20-9-8-17(24-19)23-18-10-16-15(11-21-18)22-14(5)25(16)12(2)3/h8-12H,4,6-7H2,1-3,5H3,(H,20,21,23,24). The van der Waals surface area contributed by atoms with Crippen LogP contribution in [0.5, 0.6) is 0 Å². The Morgan fingerprint density at radius 1 is 1.24 bits per heavy atom. The predicted molar refractivity (Wildman–Crippen MR) is 102 cm³/mol. The SMILES string of the molecule is C=C(CCC)c1nccc(Nc2cc3c(cn2)nc(C)n3C(C)C)n1. The van der Waals surface area contributed by atoms with E-state index in [4.69, 9.17) is 0 Å². The molecule has 3 aromatic rings. The Bertz CT molecular complexity index is 909. The number of allylic oxidation sites excluding steroid dienone is 1. The molecule has 0 saturated carbocycles. The van der Waals surface area contributed by atoms with Gasteiger partial charge in [0.15, 0.2) is 5.82 Å². The van der Waals surface area contributed by atoms with Crippen LogP contribution in [0.2, 0.25) is 0 Å². The smallest absolute Gasteiger partial charge is 0.156 e. The molecule has 0 fully saturated rings. The number of nitrogens with zero attached hydrogens (tertiary/aromatic N) is 5. The molecular weight excluding hydrogens is 312 g/mol. The van der Waals surface area contributed by atoms with Crippen LogP contribution < -0.4 is 5.32 Å². The molecule has 3 heterocycles. The zero-order chi connectivity index (χ0) is 18.0. The summed E-state index contributed by atoms with van der Waals surface area (Å²) in [6, 6.07) is 4.18. The lowest BCUT2D eigenvalue weighted by Gasteiger charge is -2.11. The fraction of sp³-hybridized carbons (Fsp3) is 0.368. The second-order valence-corrected chi connectivity index (χ2v) is 6.43. The van der Waals surface area contributed by atoms with Crippen molar-refractivity contribution in [2.45, 2.75) is 46.6 Å². The zero-order valence-electron chi connectivity index (χ0n) is 15.2. The van der Waals surface area contributed by atoms with Crippen molar-refractivity contribution in [1.82, 2.24) is 24.5 Å². The van der Waals surface area contributed by atoms with E-state index in [0.717, 1.165) is 41.1 Å². The summed E-state index contributed by atoms with van der Waals surface area (Å²) in [6.07, 6.45) is 5.45. The van der Waals surface area contributed by atoms with Gasteiger partial charge in [-0.15, -0.1) is 0 Å². The van der Waals surface area contributed by atoms with Crippen molar-refractivity contribution in [1.29, 1.82) is 0 Å². The van der Waals surface area contributed by atoms with Crippen LogP contribution in [0.15, 0.2) is 31.1 Å². The first-order valence-electron chi connectivity index (χ1n) is 8.62. The molecule has 0 bridgehead atoms. The van der Waals surface area contributed by atoms with Gasteiger partial charge in [0.2, 0.25) is 0 Å². The molecule has 0 atom stereocenters. The topological polar surface area (TPSA) is 68.5 Å². The van der Waals surface area contributed by atoms with Crippen LogP contribution in [0, 0.1) is 6.92 Å². The molecule has 25 heavy (non-hydrogen) atoms. The van der Waals surface area contributed by atoms with Gasteiger partial charge in [-0.1, -0.05) is 19.9 Å². The Labute approximate surface area is 148 Å². The fourth-order valence-corrected chi connectivity index (χ4v) is 2.98. The van der Waals surface area contributed by atoms with Gasteiger partial charge >= 0.3 is 0 Å². The maximum Gasteiger partial charge on any atom is 0.156 e. The summed E-state index contributed by atoms with van der Waals surface area (Å²) >= 11 is 0. The van der Waals surface area contributed by atoms with Crippen molar-refractivity contribution in [2.75, 3.05) is 5.32 Å². The highest BCUT2D eigenvalue weighted by Crippen LogP contribution is 2.24. The van der Waals surface area contributed by atoms with Crippen LogP contribution in [-0.4, -0.2) is 24.5 Å². The van der Waals surface area contributed by atoms with E-state index < -0.39 is 0 Å². The summed E-state index contributed by atoms with van der Waals surface area (Å²) in [4.78, 5) is 17.9. The summed E-state index contributed by atoms with van der Waals surface area (Å²) in [7, 11) is 0. The predicted octanol–water partition coefficient (Wildman–Crippen LogP) is 4.67. The number of fused-ring (bicyclic) bond motifs is 1. The van der Waals surface area contributed by atoms with Crippen LogP contribution in [-0.2, 0) is 0 Å². The number of aryl methyl sites for hydroxylation is 1. The summed E-state index contributed by atoms with van der Waals surface area (Å²) in [5, 5.41) is 3.26. The molecule has 0 aliphatic carbocycles. The lowest BCUT2D eigenvalue weighted by molar-refractivity contribution is 0.600. The number of hydrogen-bond acceptors (Lipinski definition) is 5. The number of hydrogen-bond donors (Lipinski definition) is 1. The van der Waals surface area contributed by atoms with Crippen molar-refractivity contribution in [3.63, 3.8) is 0 Å². The first-order chi connectivity index (χ1) is 12.0. The maximum absolute atomic E-state index is 4.58. The minimum Gasteiger partial charge on any atom is -0.326 e. The average Bonchev–Trinajstić information content (AvgIpc) is 2.90. The molecule has 0 radical (unpaired) electrons. The highest BCUT2D eigenvalue weighted by molar-refractivity contribution is 5.79. The van der Waals surface area contributed by atoms with E-state index in [9.17, 15) is 0 Å². The van der Waals surface area contributed by atoms with E-state index >= 15 is 0 Å². The zero-order valence-corrected chi connectivity index (χ0v) is 15.2. The number of aromatic nitrogens is 5. The first-order valence-corrected chi connectivity index (χ1v) is 8.62. The Morgan fingerprint density at radius 2 is 2.04 bits per heavy atom. The van der Waals surface area contributed by atoms with Crippen LogP contribution in [0.25, 0.3) is 16.6 Å². The van der Waals surface area contributed by atoms with E-state index in [1.807, 2.05) is 19.1 Å². The average molecular weight is 336 g/mol. The van der Waals surface area contributed by atoms with Gasteiger partial charge in [-0.2, -0.15) is 0 Å². The monoisotopic (exact) mass is 336 g/mol. The van der Waals surface area contributed by atoms with Gasteiger partial charge in [-0.3, -0.25) is 0 Å². The minimum absolute atomic E-state index is 0.336. The molecule has 6 nitrogen and oxygen atoms in total. The second-order valence-electron chi connectivity index (χ2n) is 6.43. The van der Waals surface area contributed by atoms with Crippen molar-refractivity contribution in [3.05, 3.63) is 42.8 Å². The van der Waals surface area contributed by atoms with Gasteiger partial charge in [0.05, 0.1) is 11.7 Å². The molecular formula is C19H24N6. The number of nitrogens with one attached hydrogen (secondary N) is 1. The molecule has 3 aromatic heterocycles. The quantitative estimate of drug-likeness (QED) is 0.708. The number of pyridine rings is 1. The fourth-order valence-electron chi connectivity index (χ4n) is 2.98. The molecule has 130 valence electrons. The third kappa shape index (κ3) is 3.52. The summed E-state index contributed by atoms with van der Waals surface area (Å²) in [5.74, 6) is 3.11. The molecule has 6 heteroatoms. The summed E-state index contributed by atoms with van der Waals surface area (Å²) < 4.78 is 2.21. The van der Waals surface area contributed by atoms with E-state index in [1.165, 1.54) is 0 Å². The van der Waals surface area contributed by atoms with Crippen LogP contribution in [0.3, 0.4) is 0 Å². The normalized spacial score (nSPS) is 11.2. The highest BCUT2D eigenvalue weighted by Gasteiger charge is 2.12. The maximum atomic E-state index is 4.58. The molecule has 0 unspecified atom stereocenters. The summed E-state index contributed by atoms with van der Waals surface area (Å²) in [6.45, 7) is 12.5. The Kier molecular flexibility index (Phi) is 4.79. The summed E-state index contributed by atoms with van der Waals surface area (Å²) in [5.41, 5.74) is 2.91.